The molecular formula is C19H28O2. The number of carbonyl (C=O) groups is 1. The second-order valence-electron chi connectivity index (χ2n) is 9.08. The van der Waals surface area contributed by atoms with Crippen LogP contribution in [-0.4, -0.2) is 11.6 Å². The largest absolute Gasteiger partial charge is 0.459 e. The van der Waals surface area contributed by atoms with Crippen LogP contribution >= 0.6 is 0 Å². The van der Waals surface area contributed by atoms with E-state index in [0.29, 0.717) is 11.8 Å². The lowest BCUT2D eigenvalue weighted by Gasteiger charge is -2.40. The molecule has 0 N–H and O–H groups in total. The summed E-state index contributed by atoms with van der Waals surface area (Å²) >= 11 is 0. The smallest absolute Gasteiger partial charge is 0.309 e. The predicted octanol–water partition coefficient (Wildman–Crippen LogP) is 4.18. The van der Waals surface area contributed by atoms with E-state index >= 15 is 0 Å². The van der Waals surface area contributed by atoms with Crippen molar-refractivity contribution in [2.24, 2.45) is 41.4 Å². The lowest BCUT2D eigenvalue weighted by Crippen LogP contribution is -2.44. The third kappa shape index (κ3) is 1.74. The number of ether oxygens (including phenoxy) is 1. The fraction of sp³-hybridized carbons (Fsp3) is 0.947. The minimum atomic E-state index is -0.116. The van der Waals surface area contributed by atoms with Crippen molar-refractivity contribution in [2.45, 2.75) is 70.3 Å². The van der Waals surface area contributed by atoms with Crippen LogP contribution in [0.15, 0.2) is 0 Å². The van der Waals surface area contributed by atoms with E-state index in [0.717, 1.165) is 36.5 Å². The molecule has 0 aromatic heterocycles. The molecule has 5 aliphatic carbocycles. The molecule has 5 rings (SSSR count). The number of rotatable bonds is 2. The second-order valence-corrected chi connectivity index (χ2v) is 9.08. The first-order valence-electron chi connectivity index (χ1n) is 9.37. The molecule has 0 amide bonds. The third-order valence-corrected chi connectivity index (χ3v) is 8.13. The molecule has 0 aromatic carbocycles. The van der Waals surface area contributed by atoms with Gasteiger partial charge in [-0.1, -0.05) is 12.8 Å². The number of hydrogen-bond acceptors (Lipinski definition) is 2. The van der Waals surface area contributed by atoms with Crippen molar-refractivity contribution < 1.29 is 9.53 Å². The first kappa shape index (κ1) is 13.0. The molecule has 0 saturated heterocycles. The van der Waals surface area contributed by atoms with E-state index in [9.17, 15) is 4.79 Å². The summed E-state index contributed by atoms with van der Waals surface area (Å²) in [6, 6.07) is 0. The maximum atomic E-state index is 12.7. The Bertz CT molecular complexity index is 472. The first-order valence-corrected chi connectivity index (χ1v) is 9.37. The highest BCUT2D eigenvalue weighted by Crippen LogP contribution is 2.63. The number of fused-ring (bicyclic) bond motifs is 7. The molecule has 21 heavy (non-hydrogen) atoms. The molecular weight excluding hydrogens is 260 g/mol. The topological polar surface area (TPSA) is 26.3 Å². The van der Waals surface area contributed by atoms with Crippen molar-refractivity contribution >= 4 is 5.97 Å². The quantitative estimate of drug-likeness (QED) is 0.712. The first-order chi connectivity index (χ1) is 10.1. The molecule has 0 aromatic rings. The SMILES string of the molecule is C[C@@]1(OC(=O)C2C[C@H]3CC[C@@H]2C3)C[C@@H]2C[C@H]1[C@@H]1CCC[C@H]21. The summed E-state index contributed by atoms with van der Waals surface area (Å²) in [6.45, 7) is 2.26. The van der Waals surface area contributed by atoms with Gasteiger partial charge >= 0.3 is 5.97 Å². The molecule has 0 radical (unpaired) electrons. The van der Waals surface area contributed by atoms with Crippen LogP contribution in [0.4, 0.5) is 0 Å². The van der Waals surface area contributed by atoms with Crippen molar-refractivity contribution in [1.29, 1.82) is 0 Å². The third-order valence-electron chi connectivity index (χ3n) is 8.13. The number of esters is 1. The van der Waals surface area contributed by atoms with E-state index in [-0.39, 0.29) is 17.5 Å². The highest BCUT2D eigenvalue weighted by molar-refractivity contribution is 5.74. The van der Waals surface area contributed by atoms with Crippen LogP contribution in [0.1, 0.15) is 64.7 Å². The highest BCUT2D eigenvalue weighted by atomic mass is 16.6. The van der Waals surface area contributed by atoms with Crippen molar-refractivity contribution in [3.8, 4) is 0 Å². The Labute approximate surface area is 128 Å². The van der Waals surface area contributed by atoms with Crippen molar-refractivity contribution in [3.05, 3.63) is 0 Å². The van der Waals surface area contributed by atoms with Crippen molar-refractivity contribution in [1.82, 2.24) is 0 Å². The number of hydrogen-bond donors (Lipinski definition) is 0. The van der Waals surface area contributed by atoms with Crippen LogP contribution in [-0.2, 0) is 9.53 Å². The molecule has 5 aliphatic rings. The van der Waals surface area contributed by atoms with Crippen molar-refractivity contribution in [2.75, 3.05) is 0 Å². The molecule has 0 heterocycles. The van der Waals surface area contributed by atoms with Crippen LogP contribution in [0.25, 0.3) is 0 Å². The van der Waals surface area contributed by atoms with E-state index in [1.54, 1.807) is 0 Å². The molecule has 2 nitrogen and oxygen atoms in total. The maximum Gasteiger partial charge on any atom is 0.309 e. The van der Waals surface area contributed by atoms with E-state index in [2.05, 4.69) is 6.92 Å². The van der Waals surface area contributed by atoms with Crippen LogP contribution in [0, 0.1) is 41.4 Å². The van der Waals surface area contributed by atoms with Gasteiger partial charge in [-0.2, -0.15) is 0 Å². The van der Waals surface area contributed by atoms with Gasteiger partial charge in [0.05, 0.1) is 5.92 Å². The zero-order valence-corrected chi connectivity index (χ0v) is 13.2. The van der Waals surface area contributed by atoms with Gasteiger partial charge in [0.15, 0.2) is 0 Å². The standard InChI is InChI=1S/C19H28O2/c1-19(10-13-9-17(19)15-4-2-3-14(13)15)21-18(20)16-8-11-5-6-12(16)7-11/h11-17H,2-10H2,1H3/t11-,12+,13-,14+,15+,16?,17-,19+/m0/s1. The summed E-state index contributed by atoms with van der Waals surface area (Å²) in [5, 5.41) is 0. The van der Waals surface area contributed by atoms with E-state index in [1.165, 1.54) is 44.9 Å². The minimum Gasteiger partial charge on any atom is -0.459 e. The van der Waals surface area contributed by atoms with Gasteiger partial charge in [-0.15, -0.1) is 0 Å². The Morgan fingerprint density at radius 2 is 1.86 bits per heavy atom. The van der Waals surface area contributed by atoms with E-state index in [1.807, 2.05) is 0 Å². The van der Waals surface area contributed by atoms with Gasteiger partial charge in [0.1, 0.15) is 5.60 Å². The van der Waals surface area contributed by atoms with Crippen LogP contribution in [0.3, 0.4) is 0 Å². The predicted molar refractivity (Wildman–Crippen MR) is 80.5 cm³/mol. The lowest BCUT2D eigenvalue weighted by atomic mass is 9.73. The average molecular weight is 288 g/mol. The van der Waals surface area contributed by atoms with Gasteiger partial charge in [-0.3, -0.25) is 4.79 Å². The summed E-state index contributed by atoms with van der Waals surface area (Å²) in [4.78, 5) is 12.7. The molecule has 116 valence electrons. The Kier molecular flexibility index (Phi) is 2.63. The summed E-state index contributed by atoms with van der Waals surface area (Å²) in [6.07, 6.45) is 11.8. The number of carbonyl (C=O) groups excluding carboxylic acids is 1. The fourth-order valence-electron chi connectivity index (χ4n) is 7.34. The van der Waals surface area contributed by atoms with E-state index in [4.69, 9.17) is 4.74 Å². The Morgan fingerprint density at radius 3 is 2.62 bits per heavy atom. The second kappa shape index (κ2) is 4.26. The average Bonchev–Trinajstić information content (AvgIpc) is 3.22. The summed E-state index contributed by atoms with van der Waals surface area (Å²) in [5.41, 5.74) is -0.116. The summed E-state index contributed by atoms with van der Waals surface area (Å²) in [7, 11) is 0. The van der Waals surface area contributed by atoms with Gasteiger partial charge in [0.2, 0.25) is 0 Å². The highest BCUT2D eigenvalue weighted by Gasteiger charge is 2.61. The van der Waals surface area contributed by atoms with Crippen LogP contribution in [0.5, 0.6) is 0 Å². The minimum absolute atomic E-state index is 0.116. The molecule has 8 atom stereocenters. The van der Waals surface area contributed by atoms with Gasteiger partial charge in [-0.25, -0.2) is 0 Å². The van der Waals surface area contributed by atoms with Crippen LogP contribution in [0.2, 0.25) is 0 Å². The monoisotopic (exact) mass is 288 g/mol. The zero-order chi connectivity index (χ0) is 14.2. The van der Waals surface area contributed by atoms with Crippen molar-refractivity contribution in [3.63, 3.8) is 0 Å². The molecule has 2 heteroatoms. The lowest BCUT2D eigenvalue weighted by molar-refractivity contribution is -0.173. The van der Waals surface area contributed by atoms with Crippen LogP contribution < -0.4 is 0 Å². The zero-order valence-electron chi connectivity index (χ0n) is 13.2. The van der Waals surface area contributed by atoms with Gasteiger partial charge < -0.3 is 4.74 Å². The van der Waals surface area contributed by atoms with Gasteiger partial charge in [0, 0.05) is 5.92 Å². The molecule has 0 aliphatic heterocycles. The molecule has 5 saturated carbocycles. The maximum absolute atomic E-state index is 12.7. The van der Waals surface area contributed by atoms with Gasteiger partial charge in [0.25, 0.3) is 0 Å². The normalized spacial score (nSPS) is 56.9. The Hall–Kier alpha value is -0.530. The molecule has 1 unspecified atom stereocenters. The summed E-state index contributed by atoms with van der Waals surface area (Å²) < 4.78 is 6.24. The van der Waals surface area contributed by atoms with E-state index < -0.39 is 0 Å². The Morgan fingerprint density at radius 1 is 1.00 bits per heavy atom. The molecule has 4 bridgehead atoms. The molecule has 5 fully saturated rings. The summed E-state index contributed by atoms with van der Waals surface area (Å²) in [5.74, 6) is 5.30. The fourth-order valence-corrected chi connectivity index (χ4v) is 7.34. The van der Waals surface area contributed by atoms with Gasteiger partial charge in [-0.05, 0) is 81.5 Å². The Balaban J connectivity index is 1.31. The molecule has 0 spiro atoms.